The summed E-state index contributed by atoms with van der Waals surface area (Å²) in [5, 5.41) is 10.8. The van der Waals surface area contributed by atoms with Gasteiger partial charge in [-0.2, -0.15) is 0 Å². The highest BCUT2D eigenvalue weighted by atomic mass is 16.6. The third-order valence-corrected chi connectivity index (χ3v) is 10.6. The third kappa shape index (κ3) is 4.71. The first-order valence-electron chi connectivity index (χ1n) is 16.1. The number of ether oxygens (including phenoxy) is 1. The Morgan fingerprint density at radius 2 is 1.86 bits per heavy atom. The van der Waals surface area contributed by atoms with E-state index in [4.69, 9.17) is 9.72 Å². The lowest BCUT2D eigenvalue weighted by atomic mass is 9.65. The van der Waals surface area contributed by atoms with Gasteiger partial charge in [-0.05, 0) is 136 Å². The number of phenolic OH excluding ortho intramolecular Hbond substituents is 1. The lowest BCUT2D eigenvalue weighted by Gasteiger charge is -2.39. The Balaban J connectivity index is 1.23. The normalized spacial score (nSPS) is 33.0. The van der Waals surface area contributed by atoms with Crippen LogP contribution in [0.25, 0.3) is 11.1 Å². The highest BCUT2D eigenvalue weighted by Gasteiger charge is 2.42. The van der Waals surface area contributed by atoms with Gasteiger partial charge in [0, 0.05) is 12.1 Å². The summed E-state index contributed by atoms with van der Waals surface area (Å²) < 4.78 is 5.74. The average molecular weight is 568 g/mol. The molecule has 2 N–H and O–H groups in total. The number of hydrogen-bond acceptors (Lipinski definition) is 4. The molecule has 6 atom stereocenters. The Labute approximate surface area is 250 Å². The van der Waals surface area contributed by atoms with Crippen LogP contribution in [0.1, 0.15) is 125 Å². The number of nitrogens with zero attached hydrogens (tertiary/aromatic N) is 2. The summed E-state index contributed by atoms with van der Waals surface area (Å²) >= 11 is 0. The number of aromatic amines is 1. The molecule has 1 aromatic carbocycles. The maximum absolute atomic E-state index is 13.1. The standard InChI is InChI=1S/C36H45N3O3/c1-20-16-30(39(19-20)35(41)42-36(3,4)5)34-37-18-29(38-34)23-7-6-22-10-12-26(22)21(2)27(13-11-23)28-14-15-31(40)33-25-9-8-24(17-25)32(28)33/h11,13-15,18,20,22,24-26,30,40H,2,6-10,12,16-17,19H2,1,3-5H3,(H,37,38)/b23-11+,27-13+/t20-,22?,24?,25?,26?,30-/m0/s1. The minimum atomic E-state index is -0.533. The second kappa shape index (κ2) is 10.2. The van der Waals surface area contributed by atoms with Crippen molar-refractivity contribution >= 4 is 17.2 Å². The molecule has 2 saturated carbocycles. The number of fused-ring (bicyclic) bond motifs is 6. The number of amides is 1. The average Bonchev–Trinajstić information content (AvgIpc) is 3.70. The molecule has 2 aromatic rings. The quantitative estimate of drug-likeness (QED) is 0.389. The zero-order valence-electron chi connectivity index (χ0n) is 25.6. The van der Waals surface area contributed by atoms with Gasteiger partial charge in [-0.15, -0.1) is 0 Å². The fourth-order valence-corrected chi connectivity index (χ4v) is 8.51. The fraction of sp³-hybridized carbons (Fsp3) is 0.556. The topological polar surface area (TPSA) is 78.5 Å². The summed E-state index contributed by atoms with van der Waals surface area (Å²) in [5.74, 6) is 3.90. The first-order chi connectivity index (χ1) is 20.1. The lowest BCUT2D eigenvalue weighted by molar-refractivity contribution is 0.0214. The summed E-state index contributed by atoms with van der Waals surface area (Å²) in [6.45, 7) is 13.3. The van der Waals surface area contributed by atoms with Crippen molar-refractivity contribution < 1.29 is 14.6 Å². The van der Waals surface area contributed by atoms with Crippen molar-refractivity contribution in [1.82, 2.24) is 14.9 Å². The zero-order chi connectivity index (χ0) is 29.3. The van der Waals surface area contributed by atoms with Crippen molar-refractivity contribution in [2.45, 2.75) is 103 Å². The van der Waals surface area contributed by atoms with Gasteiger partial charge in [-0.1, -0.05) is 31.7 Å². The molecule has 7 rings (SSSR count). The molecule has 4 aliphatic carbocycles. The minimum Gasteiger partial charge on any atom is -0.508 e. The van der Waals surface area contributed by atoms with E-state index in [2.05, 4.69) is 36.7 Å². The Kier molecular flexibility index (Phi) is 6.67. The molecule has 1 aromatic heterocycles. The molecular formula is C36H45N3O3. The van der Waals surface area contributed by atoms with Crippen LogP contribution >= 0.6 is 0 Å². The van der Waals surface area contributed by atoms with Gasteiger partial charge >= 0.3 is 6.09 Å². The number of nitrogens with one attached hydrogen (secondary N) is 1. The number of hydrogen-bond donors (Lipinski definition) is 2. The van der Waals surface area contributed by atoms with Crippen molar-refractivity contribution in [3.63, 3.8) is 0 Å². The van der Waals surface area contributed by atoms with Crippen molar-refractivity contribution in [3.05, 3.63) is 70.8 Å². The van der Waals surface area contributed by atoms with E-state index in [-0.39, 0.29) is 12.1 Å². The SMILES string of the molecule is C=C1/C(c2ccc(O)c3c2C2CCC3C2)=C\C=C(\c2cnc([C@@H]3C[C@H](C)CN3C(=O)OC(C)(C)C)[nH]2)CCC2CCC12. The number of benzene rings is 1. The van der Waals surface area contributed by atoms with Crippen LogP contribution in [-0.2, 0) is 4.74 Å². The molecule has 6 heteroatoms. The van der Waals surface area contributed by atoms with Crippen molar-refractivity contribution in [3.8, 4) is 5.75 Å². The summed E-state index contributed by atoms with van der Waals surface area (Å²) in [4.78, 5) is 23.4. The number of aromatic hydroxyl groups is 1. The molecule has 2 heterocycles. The van der Waals surface area contributed by atoms with Gasteiger partial charge in [0.2, 0.25) is 0 Å². The van der Waals surface area contributed by atoms with Crippen LogP contribution in [0.5, 0.6) is 5.75 Å². The molecule has 1 amide bonds. The molecule has 1 aliphatic heterocycles. The maximum Gasteiger partial charge on any atom is 0.410 e. The van der Waals surface area contributed by atoms with Gasteiger partial charge < -0.3 is 14.8 Å². The molecule has 0 radical (unpaired) electrons. The van der Waals surface area contributed by atoms with E-state index in [1.807, 2.05) is 37.9 Å². The van der Waals surface area contributed by atoms with E-state index >= 15 is 0 Å². The van der Waals surface area contributed by atoms with Crippen LogP contribution in [0, 0.1) is 17.8 Å². The third-order valence-electron chi connectivity index (χ3n) is 10.6. The number of rotatable bonds is 3. The molecular weight excluding hydrogens is 522 g/mol. The Hall–Kier alpha value is -3.28. The number of imidazole rings is 1. The summed E-state index contributed by atoms with van der Waals surface area (Å²) in [6.07, 6.45) is 15.3. The van der Waals surface area contributed by atoms with Crippen molar-refractivity contribution in [1.29, 1.82) is 0 Å². The van der Waals surface area contributed by atoms with Gasteiger partial charge in [0.1, 0.15) is 17.2 Å². The first kappa shape index (κ1) is 27.5. The number of phenols is 1. The second-order valence-corrected chi connectivity index (χ2v) is 14.6. The zero-order valence-corrected chi connectivity index (χ0v) is 25.6. The number of H-pyrrole nitrogens is 1. The Morgan fingerprint density at radius 3 is 2.60 bits per heavy atom. The molecule has 3 fully saturated rings. The van der Waals surface area contributed by atoms with Crippen LogP contribution in [0.4, 0.5) is 4.79 Å². The van der Waals surface area contributed by atoms with E-state index in [0.717, 1.165) is 30.8 Å². The molecule has 0 spiro atoms. The Bertz CT molecular complexity index is 1490. The number of likely N-dealkylation sites (tertiary alicyclic amines) is 1. The van der Waals surface area contributed by atoms with Crippen molar-refractivity contribution in [2.24, 2.45) is 17.8 Å². The fourth-order valence-electron chi connectivity index (χ4n) is 8.51. The van der Waals surface area contributed by atoms with E-state index < -0.39 is 5.60 Å². The predicted molar refractivity (Wildman–Crippen MR) is 166 cm³/mol. The molecule has 42 heavy (non-hydrogen) atoms. The summed E-state index contributed by atoms with van der Waals surface area (Å²) in [5.41, 5.74) is 8.11. The van der Waals surface area contributed by atoms with Crippen LogP contribution in [-0.4, -0.2) is 38.2 Å². The highest BCUT2D eigenvalue weighted by molar-refractivity contribution is 5.85. The minimum absolute atomic E-state index is 0.113. The first-order valence-corrected chi connectivity index (χ1v) is 16.1. The number of carbonyl (C=O) groups is 1. The van der Waals surface area contributed by atoms with Gasteiger partial charge in [-0.3, -0.25) is 4.90 Å². The monoisotopic (exact) mass is 567 g/mol. The van der Waals surface area contributed by atoms with Gasteiger partial charge in [-0.25, -0.2) is 9.78 Å². The predicted octanol–water partition coefficient (Wildman–Crippen LogP) is 8.64. The van der Waals surface area contributed by atoms with Crippen LogP contribution in [0.3, 0.4) is 0 Å². The molecule has 222 valence electrons. The number of carbonyl (C=O) groups excluding carboxylic acids is 1. The van der Waals surface area contributed by atoms with Crippen LogP contribution in [0.2, 0.25) is 0 Å². The lowest BCUT2D eigenvalue weighted by Crippen LogP contribution is -2.37. The smallest absolute Gasteiger partial charge is 0.410 e. The summed E-state index contributed by atoms with van der Waals surface area (Å²) in [7, 11) is 0. The number of aromatic nitrogens is 2. The van der Waals surface area contributed by atoms with Crippen molar-refractivity contribution in [2.75, 3.05) is 6.54 Å². The molecule has 4 unspecified atom stereocenters. The Morgan fingerprint density at radius 1 is 1.07 bits per heavy atom. The maximum atomic E-state index is 13.1. The van der Waals surface area contributed by atoms with Crippen LogP contribution in [0.15, 0.2) is 42.6 Å². The van der Waals surface area contributed by atoms with Crippen LogP contribution < -0.4 is 0 Å². The van der Waals surface area contributed by atoms with Gasteiger partial charge in [0.05, 0.1) is 17.9 Å². The van der Waals surface area contributed by atoms with E-state index in [9.17, 15) is 9.90 Å². The molecule has 6 nitrogen and oxygen atoms in total. The highest BCUT2D eigenvalue weighted by Crippen LogP contribution is 2.59. The van der Waals surface area contributed by atoms with E-state index in [0.29, 0.717) is 41.9 Å². The second-order valence-electron chi connectivity index (χ2n) is 14.6. The summed E-state index contributed by atoms with van der Waals surface area (Å²) in [6, 6.07) is 3.95. The van der Waals surface area contributed by atoms with E-state index in [1.165, 1.54) is 65.5 Å². The van der Waals surface area contributed by atoms with Gasteiger partial charge in [0.15, 0.2) is 0 Å². The molecule has 5 aliphatic rings. The van der Waals surface area contributed by atoms with E-state index in [1.54, 1.807) is 0 Å². The van der Waals surface area contributed by atoms with Gasteiger partial charge in [0.25, 0.3) is 0 Å². The number of allylic oxidation sites excluding steroid dienone is 5. The largest absolute Gasteiger partial charge is 0.508 e. The molecule has 2 bridgehead atoms. The molecule has 1 saturated heterocycles.